The Hall–Kier alpha value is -0.820. The Morgan fingerprint density at radius 2 is 2.15 bits per heavy atom. The van der Waals surface area contributed by atoms with E-state index in [-0.39, 0.29) is 18.9 Å². The minimum atomic E-state index is -2.97. The molecule has 0 radical (unpaired) electrons. The molecule has 0 aliphatic carbocycles. The normalized spacial score (nSPS) is 13.2. The van der Waals surface area contributed by atoms with E-state index in [0.29, 0.717) is 17.3 Å². The zero-order chi connectivity index (χ0) is 15.2. The maximum atomic E-state index is 10.9. The lowest BCUT2D eigenvalue weighted by molar-refractivity contribution is 0.107. The Morgan fingerprint density at radius 3 is 2.75 bits per heavy atom. The lowest BCUT2D eigenvalue weighted by Crippen LogP contribution is -2.34. The van der Waals surface area contributed by atoms with Gasteiger partial charge in [0.25, 0.3) is 0 Å². The van der Waals surface area contributed by atoms with Gasteiger partial charge >= 0.3 is 0 Å². The first-order valence-electron chi connectivity index (χ1n) is 6.23. The second-order valence-electron chi connectivity index (χ2n) is 4.71. The zero-order valence-electron chi connectivity index (χ0n) is 11.6. The summed E-state index contributed by atoms with van der Waals surface area (Å²) in [6, 6.07) is 5.27. The third-order valence-corrected chi connectivity index (χ3v) is 3.97. The molecule has 1 rings (SSSR count). The van der Waals surface area contributed by atoms with Gasteiger partial charge in [0, 0.05) is 24.4 Å². The number of benzene rings is 1. The number of ether oxygens (including phenoxy) is 1. The second-order valence-corrected chi connectivity index (χ2v) is 7.38. The van der Waals surface area contributed by atoms with Crippen LogP contribution < -0.4 is 10.1 Å². The summed E-state index contributed by atoms with van der Waals surface area (Å²) < 4.78 is 27.3. The first-order chi connectivity index (χ1) is 9.28. The van der Waals surface area contributed by atoms with Crippen LogP contribution in [-0.4, -0.2) is 51.3 Å². The summed E-state index contributed by atoms with van der Waals surface area (Å²) in [6.07, 6.45) is 0.474. The standard InChI is InChI=1S/C13H20ClNO4S/c1-10-7-12(3-4-13(10)14)19-9-11(16)8-15-5-6-20(2,17)18/h3-4,7,11,15-16H,5-6,8-9H2,1-2H3. The largest absolute Gasteiger partial charge is 0.491 e. The molecule has 0 saturated heterocycles. The van der Waals surface area contributed by atoms with Crippen LogP contribution in [0.25, 0.3) is 0 Å². The molecule has 2 N–H and O–H groups in total. The summed E-state index contributed by atoms with van der Waals surface area (Å²) in [4.78, 5) is 0. The number of aryl methyl sites for hydroxylation is 1. The first-order valence-corrected chi connectivity index (χ1v) is 8.67. The highest BCUT2D eigenvalue weighted by Crippen LogP contribution is 2.20. The quantitative estimate of drug-likeness (QED) is 0.699. The second kappa shape index (κ2) is 7.83. The summed E-state index contributed by atoms with van der Waals surface area (Å²) in [5.41, 5.74) is 0.907. The van der Waals surface area contributed by atoms with Gasteiger partial charge in [-0.1, -0.05) is 11.6 Å². The van der Waals surface area contributed by atoms with Gasteiger partial charge < -0.3 is 15.2 Å². The van der Waals surface area contributed by atoms with Crippen LogP contribution in [-0.2, 0) is 9.84 Å². The van der Waals surface area contributed by atoms with Crippen LogP contribution in [0.5, 0.6) is 5.75 Å². The van der Waals surface area contributed by atoms with E-state index in [1.54, 1.807) is 18.2 Å². The third-order valence-electron chi connectivity index (χ3n) is 2.60. The first kappa shape index (κ1) is 17.2. The molecule has 1 aromatic rings. The predicted molar refractivity (Wildman–Crippen MR) is 80.3 cm³/mol. The number of halogens is 1. The van der Waals surface area contributed by atoms with Crippen molar-refractivity contribution in [2.24, 2.45) is 0 Å². The molecular weight excluding hydrogens is 302 g/mol. The number of nitrogens with one attached hydrogen (secondary N) is 1. The average molecular weight is 322 g/mol. The SMILES string of the molecule is Cc1cc(OCC(O)CNCCS(C)(=O)=O)ccc1Cl. The van der Waals surface area contributed by atoms with Crippen molar-refractivity contribution in [3.05, 3.63) is 28.8 Å². The van der Waals surface area contributed by atoms with Crippen molar-refractivity contribution >= 4 is 21.4 Å². The molecule has 1 unspecified atom stereocenters. The van der Waals surface area contributed by atoms with Crippen molar-refractivity contribution in [3.63, 3.8) is 0 Å². The molecule has 5 nitrogen and oxygen atoms in total. The molecule has 1 aromatic carbocycles. The molecule has 7 heteroatoms. The highest BCUT2D eigenvalue weighted by molar-refractivity contribution is 7.90. The number of hydrogen-bond acceptors (Lipinski definition) is 5. The molecule has 0 fully saturated rings. The van der Waals surface area contributed by atoms with Crippen LogP contribution in [0.4, 0.5) is 0 Å². The number of rotatable bonds is 8. The minimum Gasteiger partial charge on any atom is -0.491 e. The molecule has 0 amide bonds. The highest BCUT2D eigenvalue weighted by atomic mass is 35.5. The molecular formula is C13H20ClNO4S. The smallest absolute Gasteiger partial charge is 0.148 e. The number of aliphatic hydroxyl groups excluding tert-OH is 1. The molecule has 0 aliphatic rings. The van der Waals surface area contributed by atoms with Crippen molar-refractivity contribution in [2.45, 2.75) is 13.0 Å². The van der Waals surface area contributed by atoms with E-state index in [1.165, 1.54) is 6.26 Å². The zero-order valence-corrected chi connectivity index (χ0v) is 13.2. The summed E-state index contributed by atoms with van der Waals surface area (Å²) in [6.45, 7) is 2.60. The summed E-state index contributed by atoms with van der Waals surface area (Å²) in [5.74, 6) is 0.693. The molecule has 1 atom stereocenters. The fourth-order valence-corrected chi connectivity index (χ4v) is 2.12. The van der Waals surface area contributed by atoms with Gasteiger partial charge in [0.05, 0.1) is 5.75 Å². The van der Waals surface area contributed by atoms with Crippen LogP contribution in [0.2, 0.25) is 5.02 Å². The van der Waals surface area contributed by atoms with E-state index in [2.05, 4.69) is 5.32 Å². The Kier molecular flexibility index (Phi) is 6.75. The summed E-state index contributed by atoms with van der Waals surface area (Å²) >= 11 is 5.90. The Bertz CT molecular complexity index is 533. The van der Waals surface area contributed by atoms with Gasteiger partial charge in [-0.2, -0.15) is 0 Å². The van der Waals surface area contributed by atoms with Gasteiger partial charge in [-0.05, 0) is 30.7 Å². The van der Waals surface area contributed by atoms with Gasteiger partial charge in [-0.3, -0.25) is 0 Å². The van der Waals surface area contributed by atoms with E-state index in [1.807, 2.05) is 6.92 Å². The third kappa shape index (κ3) is 7.09. The molecule has 0 aliphatic heterocycles. The maximum absolute atomic E-state index is 10.9. The molecule has 0 bridgehead atoms. The van der Waals surface area contributed by atoms with Crippen molar-refractivity contribution in [1.82, 2.24) is 5.32 Å². The highest BCUT2D eigenvalue weighted by Gasteiger charge is 2.07. The molecule has 0 heterocycles. The predicted octanol–water partition coefficient (Wildman–Crippen LogP) is 1.02. The van der Waals surface area contributed by atoms with E-state index < -0.39 is 15.9 Å². The van der Waals surface area contributed by atoms with Crippen molar-refractivity contribution in [2.75, 3.05) is 31.7 Å². The fraction of sp³-hybridized carbons (Fsp3) is 0.538. The number of hydrogen-bond donors (Lipinski definition) is 2. The minimum absolute atomic E-state index is 0.0525. The topological polar surface area (TPSA) is 75.6 Å². The maximum Gasteiger partial charge on any atom is 0.148 e. The van der Waals surface area contributed by atoms with Crippen LogP contribution >= 0.6 is 11.6 Å². The Morgan fingerprint density at radius 1 is 1.45 bits per heavy atom. The molecule has 0 aromatic heterocycles. The van der Waals surface area contributed by atoms with Gasteiger partial charge in [-0.25, -0.2) is 8.42 Å². The number of sulfone groups is 1. The molecule has 114 valence electrons. The van der Waals surface area contributed by atoms with Crippen LogP contribution in [0.3, 0.4) is 0 Å². The summed E-state index contributed by atoms with van der Waals surface area (Å²) in [5, 5.41) is 13.2. The van der Waals surface area contributed by atoms with Crippen molar-refractivity contribution in [1.29, 1.82) is 0 Å². The summed E-state index contributed by atoms with van der Waals surface area (Å²) in [7, 11) is -2.97. The van der Waals surface area contributed by atoms with Gasteiger partial charge in [-0.15, -0.1) is 0 Å². The number of aliphatic hydroxyl groups is 1. The van der Waals surface area contributed by atoms with Crippen LogP contribution in [0.1, 0.15) is 5.56 Å². The van der Waals surface area contributed by atoms with E-state index in [0.717, 1.165) is 5.56 Å². The van der Waals surface area contributed by atoms with Crippen molar-refractivity contribution < 1.29 is 18.3 Å². The van der Waals surface area contributed by atoms with E-state index in [4.69, 9.17) is 16.3 Å². The van der Waals surface area contributed by atoms with Crippen LogP contribution in [0.15, 0.2) is 18.2 Å². The van der Waals surface area contributed by atoms with Gasteiger partial charge in [0.15, 0.2) is 0 Å². The lowest BCUT2D eigenvalue weighted by atomic mass is 10.2. The van der Waals surface area contributed by atoms with Crippen LogP contribution in [0, 0.1) is 6.92 Å². The van der Waals surface area contributed by atoms with Gasteiger partial charge in [0.2, 0.25) is 0 Å². The molecule has 20 heavy (non-hydrogen) atoms. The van der Waals surface area contributed by atoms with Gasteiger partial charge in [0.1, 0.15) is 28.3 Å². The van der Waals surface area contributed by atoms with E-state index in [9.17, 15) is 13.5 Å². The molecule has 0 spiro atoms. The Labute approximate surface area is 124 Å². The van der Waals surface area contributed by atoms with Crippen molar-refractivity contribution in [3.8, 4) is 5.75 Å². The van der Waals surface area contributed by atoms with E-state index >= 15 is 0 Å². The molecule has 0 saturated carbocycles. The lowest BCUT2D eigenvalue weighted by Gasteiger charge is -2.13. The monoisotopic (exact) mass is 321 g/mol. The average Bonchev–Trinajstić information content (AvgIpc) is 2.35. The Balaban J connectivity index is 2.25. The fourth-order valence-electron chi connectivity index (χ4n) is 1.48.